The molecule has 0 saturated carbocycles. The zero-order valence-electron chi connectivity index (χ0n) is 11.3. The first-order chi connectivity index (χ1) is 9.13. The molecule has 0 aliphatic rings. The monoisotopic (exact) mass is 266 g/mol. The van der Waals surface area contributed by atoms with Gasteiger partial charge in [-0.2, -0.15) is 0 Å². The summed E-state index contributed by atoms with van der Waals surface area (Å²) in [5.41, 5.74) is 6.75. The van der Waals surface area contributed by atoms with Gasteiger partial charge in [-0.05, 0) is 37.5 Å². The molecule has 1 atom stereocenters. The van der Waals surface area contributed by atoms with Crippen LogP contribution in [0, 0.1) is 0 Å². The maximum absolute atomic E-state index is 11.7. The number of carbonyl (C=O) groups excluding carboxylic acids is 1. The molecule has 0 aliphatic carbocycles. The summed E-state index contributed by atoms with van der Waals surface area (Å²) < 4.78 is 5.18. The van der Waals surface area contributed by atoms with Gasteiger partial charge in [0.05, 0.1) is 6.04 Å². The zero-order chi connectivity index (χ0) is 14.1. The van der Waals surface area contributed by atoms with Gasteiger partial charge in [-0.25, -0.2) is 0 Å². The average molecular weight is 266 g/mol. The summed E-state index contributed by atoms with van der Waals surface area (Å²) in [6.07, 6.45) is 1.24. The van der Waals surface area contributed by atoms with Crippen LogP contribution in [-0.4, -0.2) is 36.8 Å². The Balaban J connectivity index is 2.26. The third-order valence-electron chi connectivity index (χ3n) is 2.70. The van der Waals surface area contributed by atoms with Gasteiger partial charge >= 0.3 is 0 Å². The van der Waals surface area contributed by atoms with Gasteiger partial charge in [0.1, 0.15) is 5.75 Å². The summed E-state index contributed by atoms with van der Waals surface area (Å²) >= 11 is 0. The molecule has 106 valence electrons. The number of rotatable bonds is 8. The van der Waals surface area contributed by atoms with Crippen LogP contribution in [0.2, 0.25) is 0 Å². The predicted molar refractivity (Wildman–Crippen MR) is 73.9 cm³/mol. The first-order valence-corrected chi connectivity index (χ1v) is 6.52. The molecule has 0 unspecified atom stereocenters. The quantitative estimate of drug-likeness (QED) is 0.608. The lowest BCUT2D eigenvalue weighted by atomic mass is 10.1. The number of carbonyl (C=O) groups is 1. The fourth-order valence-corrected chi connectivity index (χ4v) is 1.64. The number of nitrogens with two attached hydrogens (primary N) is 1. The van der Waals surface area contributed by atoms with Gasteiger partial charge in [-0.3, -0.25) is 4.79 Å². The molecule has 0 aromatic heterocycles. The largest absolute Gasteiger partial charge is 0.508 e. The minimum atomic E-state index is -0.573. The third-order valence-corrected chi connectivity index (χ3v) is 2.70. The molecule has 4 N–H and O–H groups in total. The highest BCUT2D eigenvalue weighted by molar-refractivity contribution is 5.81. The van der Waals surface area contributed by atoms with Crippen molar-refractivity contribution in [2.75, 3.05) is 19.8 Å². The van der Waals surface area contributed by atoms with Crippen molar-refractivity contribution in [1.82, 2.24) is 5.32 Å². The Kier molecular flexibility index (Phi) is 6.92. The molecule has 1 aromatic rings. The summed E-state index contributed by atoms with van der Waals surface area (Å²) in [4.78, 5) is 11.7. The summed E-state index contributed by atoms with van der Waals surface area (Å²) in [6.45, 7) is 3.84. The Labute approximate surface area is 113 Å². The van der Waals surface area contributed by atoms with E-state index in [1.807, 2.05) is 6.92 Å². The van der Waals surface area contributed by atoms with Crippen LogP contribution in [0.15, 0.2) is 24.3 Å². The van der Waals surface area contributed by atoms with Gasteiger partial charge in [0, 0.05) is 19.8 Å². The number of hydrogen-bond acceptors (Lipinski definition) is 4. The lowest BCUT2D eigenvalue weighted by Crippen LogP contribution is -2.42. The molecular formula is C14H22N2O3. The van der Waals surface area contributed by atoms with Crippen LogP contribution in [0.3, 0.4) is 0 Å². The fraction of sp³-hybridized carbons (Fsp3) is 0.500. The number of phenols is 1. The highest BCUT2D eigenvalue weighted by Gasteiger charge is 2.13. The SMILES string of the molecule is CCOCCCNC(=O)[C@H](N)Cc1ccc(O)cc1. The molecule has 5 heteroatoms. The van der Waals surface area contributed by atoms with Gasteiger partial charge in [0.2, 0.25) is 5.91 Å². The first kappa shape index (κ1) is 15.5. The number of phenolic OH excluding ortho intramolecular Hbond substituents is 1. The van der Waals surface area contributed by atoms with Crippen molar-refractivity contribution in [3.8, 4) is 5.75 Å². The van der Waals surface area contributed by atoms with Gasteiger partial charge in [0.15, 0.2) is 0 Å². The summed E-state index contributed by atoms with van der Waals surface area (Å²) in [5, 5.41) is 11.9. The van der Waals surface area contributed by atoms with Crippen molar-refractivity contribution in [3.05, 3.63) is 29.8 Å². The van der Waals surface area contributed by atoms with Gasteiger partial charge in [0.25, 0.3) is 0 Å². The van der Waals surface area contributed by atoms with Crippen LogP contribution in [0.4, 0.5) is 0 Å². The molecule has 0 aliphatic heterocycles. The normalized spacial score (nSPS) is 12.1. The van der Waals surface area contributed by atoms with E-state index >= 15 is 0 Å². The smallest absolute Gasteiger partial charge is 0.237 e. The zero-order valence-corrected chi connectivity index (χ0v) is 11.3. The molecule has 1 rings (SSSR count). The lowest BCUT2D eigenvalue weighted by molar-refractivity contribution is -0.122. The molecule has 0 radical (unpaired) electrons. The number of aromatic hydroxyl groups is 1. The van der Waals surface area contributed by atoms with Crippen molar-refractivity contribution in [2.45, 2.75) is 25.8 Å². The molecule has 0 bridgehead atoms. The van der Waals surface area contributed by atoms with Crippen LogP contribution in [0.5, 0.6) is 5.75 Å². The fourth-order valence-electron chi connectivity index (χ4n) is 1.64. The van der Waals surface area contributed by atoms with Gasteiger partial charge in [-0.15, -0.1) is 0 Å². The second-order valence-corrected chi connectivity index (χ2v) is 4.32. The minimum absolute atomic E-state index is 0.162. The molecule has 1 aromatic carbocycles. The van der Waals surface area contributed by atoms with Crippen molar-refractivity contribution in [1.29, 1.82) is 0 Å². The number of benzene rings is 1. The number of nitrogens with one attached hydrogen (secondary N) is 1. The molecule has 1 amide bonds. The first-order valence-electron chi connectivity index (χ1n) is 6.52. The van der Waals surface area contributed by atoms with E-state index in [0.29, 0.717) is 26.2 Å². The van der Waals surface area contributed by atoms with E-state index in [2.05, 4.69) is 5.32 Å². The molecule has 0 heterocycles. The second kappa shape index (κ2) is 8.50. The predicted octanol–water partition coefficient (Wildman–Crippen LogP) is 0.805. The summed E-state index contributed by atoms with van der Waals surface area (Å²) in [5.74, 6) is 0.0438. The van der Waals surface area contributed by atoms with E-state index in [0.717, 1.165) is 12.0 Å². The van der Waals surface area contributed by atoms with Crippen LogP contribution >= 0.6 is 0 Å². The molecule has 0 spiro atoms. The van der Waals surface area contributed by atoms with E-state index < -0.39 is 6.04 Å². The number of amides is 1. The Hall–Kier alpha value is -1.59. The van der Waals surface area contributed by atoms with Crippen LogP contribution in [0.1, 0.15) is 18.9 Å². The molecule has 0 fully saturated rings. The average Bonchev–Trinajstić information content (AvgIpc) is 2.41. The standard InChI is InChI=1S/C14H22N2O3/c1-2-19-9-3-8-16-14(18)13(15)10-11-4-6-12(17)7-5-11/h4-7,13,17H,2-3,8-10,15H2,1H3,(H,16,18)/t13-/m1/s1. The van der Waals surface area contributed by atoms with Crippen molar-refractivity contribution < 1.29 is 14.6 Å². The maximum atomic E-state index is 11.7. The Bertz CT molecular complexity index is 379. The van der Waals surface area contributed by atoms with Crippen LogP contribution in [-0.2, 0) is 16.0 Å². The van der Waals surface area contributed by atoms with Gasteiger partial charge in [-0.1, -0.05) is 12.1 Å². The number of hydrogen-bond donors (Lipinski definition) is 3. The number of ether oxygens (including phenoxy) is 1. The molecule has 19 heavy (non-hydrogen) atoms. The highest BCUT2D eigenvalue weighted by atomic mass is 16.5. The molecular weight excluding hydrogens is 244 g/mol. The summed E-state index contributed by atoms with van der Waals surface area (Å²) in [6, 6.07) is 6.12. The van der Waals surface area contributed by atoms with Gasteiger partial charge < -0.3 is 20.9 Å². The minimum Gasteiger partial charge on any atom is -0.508 e. The summed E-state index contributed by atoms with van der Waals surface area (Å²) in [7, 11) is 0. The lowest BCUT2D eigenvalue weighted by Gasteiger charge is -2.12. The Morgan fingerprint density at radius 2 is 2.11 bits per heavy atom. The molecule has 0 saturated heterocycles. The second-order valence-electron chi connectivity index (χ2n) is 4.32. The third kappa shape index (κ3) is 6.22. The highest BCUT2D eigenvalue weighted by Crippen LogP contribution is 2.10. The van der Waals surface area contributed by atoms with Crippen LogP contribution < -0.4 is 11.1 Å². The van der Waals surface area contributed by atoms with E-state index in [-0.39, 0.29) is 11.7 Å². The Morgan fingerprint density at radius 1 is 1.42 bits per heavy atom. The van der Waals surface area contributed by atoms with E-state index in [1.165, 1.54) is 0 Å². The van der Waals surface area contributed by atoms with Crippen molar-refractivity contribution in [3.63, 3.8) is 0 Å². The van der Waals surface area contributed by atoms with E-state index in [9.17, 15) is 4.79 Å². The maximum Gasteiger partial charge on any atom is 0.237 e. The van der Waals surface area contributed by atoms with Crippen molar-refractivity contribution in [2.24, 2.45) is 5.73 Å². The van der Waals surface area contributed by atoms with Crippen molar-refractivity contribution >= 4 is 5.91 Å². The van der Waals surface area contributed by atoms with E-state index in [4.69, 9.17) is 15.6 Å². The topological polar surface area (TPSA) is 84.6 Å². The Morgan fingerprint density at radius 3 is 2.74 bits per heavy atom. The molecule has 5 nitrogen and oxygen atoms in total. The van der Waals surface area contributed by atoms with E-state index in [1.54, 1.807) is 24.3 Å². The van der Waals surface area contributed by atoms with Crippen LogP contribution in [0.25, 0.3) is 0 Å².